The zero-order valence-corrected chi connectivity index (χ0v) is 16.7. The molecule has 1 aromatic carbocycles. The zero-order valence-electron chi connectivity index (χ0n) is 16.7. The van der Waals surface area contributed by atoms with Gasteiger partial charge in [-0.1, -0.05) is 30.3 Å². The number of pyridine rings is 1. The number of nitrogens with zero attached hydrogens (tertiary/aromatic N) is 3. The molecule has 0 saturated carbocycles. The number of hydrogen-bond acceptors (Lipinski definition) is 6. The Kier molecular flexibility index (Phi) is 7.34. The lowest BCUT2D eigenvalue weighted by atomic mass is 10.1. The van der Waals surface area contributed by atoms with Crippen LogP contribution in [-0.4, -0.2) is 57.9 Å². The van der Waals surface area contributed by atoms with Crippen molar-refractivity contribution in [2.75, 3.05) is 26.4 Å². The van der Waals surface area contributed by atoms with Crippen molar-refractivity contribution in [1.82, 2.24) is 19.9 Å². The smallest absolute Gasteiger partial charge is 0.322 e. The van der Waals surface area contributed by atoms with E-state index in [1.165, 1.54) is 11.9 Å². The first-order valence-corrected chi connectivity index (χ1v) is 9.70. The number of aliphatic carboxylic acids is 1. The molecular weight excluding hydrogens is 388 g/mol. The van der Waals surface area contributed by atoms with Crippen molar-refractivity contribution in [1.29, 1.82) is 0 Å². The third-order valence-corrected chi connectivity index (χ3v) is 4.42. The van der Waals surface area contributed by atoms with Crippen LogP contribution in [-0.2, 0) is 22.4 Å². The first-order chi connectivity index (χ1) is 14.6. The molecule has 0 spiro atoms. The summed E-state index contributed by atoms with van der Waals surface area (Å²) >= 11 is 0. The summed E-state index contributed by atoms with van der Waals surface area (Å²) in [6.07, 6.45) is 2.79. The van der Waals surface area contributed by atoms with E-state index in [4.69, 9.17) is 14.6 Å². The van der Waals surface area contributed by atoms with Crippen molar-refractivity contribution in [2.45, 2.75) is 19.8 Å². The maximum atomic E-state index is 12.7. The van der Waals surface area contributed by atoms with E-state index in [1.54, 1.807) is 10.6 Å². The normalized spacial score (nSPS) is 10.8. The number of amides is 1. The van der Waals surface area contributed by atoms with Gasteiger partial charge in [-0.05, 0) is 25.3 Å². The van der Waals surface area contributed by atoms with Gasteiger partial charge < -0.3 is 19.9 Å². The van der Waals surface area contributed by atoms with Crippen molar-refractivity contribution >= 4 is 17.5 Å². The number of ether oxygens (including phenoxy) is 2. The molecule has 0 unspecified atom stereocenters. The van der Waals surface area contributed by atoms with Gasteiger partial charge in [0.25, 0.3) is 5.91 Å². The van der Waals surface area contributed by atoms with E-state index in [0.717, 1.165) is 12.1 Å². The first-order valence-electron chi connectivity index (χ1n) is 9.70. The highest BCUT2D eigenvalue weighted by atomic mass is 16.5. The highest BCUT2D eigenvalue weighted by Gasteiger charge is 2.22. The van der Waals surface area contributed by atoms with Crippen LogP contribution in [0.4, 0.5) is 0 Å². The number of aryl methyl sites for hydroxylation is 2. The van der Waals surface area contributed by atoms with Gasteiger partial charge in [0.15, 0.2) is 5.65 Å². The molecule has 2 heterocycles. The molecule has 30 heavy (non-hydrogen) atoms. The molecule has 0 aliphatic rings. The lowest BCUT2D eigenvalue weighted by Gasteiger charge is -2.15. The largest absolute Gasteiger partial charge is 0.490 e. The van der Waals surface area contributed by atoms with Crippen LogP contribution in [0, 0.1) is 0 Å². The quantitative estimate of drug-likeness (QED) is 0.461. The number of aromatic nitrogens is 3. The van der Waals surface area contributed by atoms with E-state index >= 15 is 0 Å². The summed E-state index contributed by atoms with van der Waals surface area (Å²) < 4.78 is 12.7. The molecule has 0 saturated heterocycles. The van der Waals surface area contributed by atoms with Crippen LogP contribution in [0.2, 0.25) is 0 Å². The van der Waals surface area contributed by atoms with E-state index in [0.29, 0.717) is 31.0 Å². The van der Waals surface area contributed by atoms with Crippen LogP contribution in [0.25, 0.3) is 5.65 Å². The summed E-state index contributed by atoms with van der Waals surface area (Å²) in [5.41, 5.74) is 2.46. The summed E-state index contributed by atoms with van der Waals surface area (Å²) in [4.78, 5) is 27.8. The Morgan fingerprint density at radius 1 is 1.17 bits per heavy atom. The Morgan fingerprint density at radius 3 is 2.70 bits per heavy atom. The fourth-order valence-electron chi connectivity index (χ4n) is 3.04. The number of carboxylic acids is 1. The van der Waals surface area contributed by atoms with Gasteiger partial charge in [0.2, 0.25) is 0 Å². The average Bonchev–Trinajstić information content (AvgIpc) is 3.23. The third-order valence-electron chi connectivity index (χ3n) is 4.42. The van der Waals surface area contributed by atoms with Crippen LogP contribution in [0.15, 0.2) is 42.7 Å². The van der Waals surface area contributed by atoms with Gasteiger partial charge in [0.1, 0.15) is 30.8 Å². The molecule has 158 valence electrons. The van der Waals surface area contributed by atoms with Crippen LogP contribution >= 0.6 is 0 Å². The highest BCUT2D eigenvalue weighted by molar-refractivity contribution is 6.03. The molecule has 2 aromatic heterocycles. The molecule has 1 amide bonds. The third kappa shape index (κ3) is 5.32. The summed E-state index contributed by atoms with van der Waals surface area (Å²) in [7, 11) is 0. The van der Waals surface area contributed by atoms with Crippen LogP contribution in [0.3, 0.4) is 0 Å². The van der Waals surface area contributed by atoms with Crippen LogP contribution in [0.5, 0.6) is 5.75 Å². The van der Waals surface area contributed by atoms with Gasteiger partial charge >= 0.3 is 5.97 Å². The van der Waals surface area contributed by atoms with E-state index < -0.39 is 18.4 Å². The fraction of sp³-hybridized carbons (Fsp3) is 0.333. The molecule has 9 nitrogen and oxygen atoms in total. The Hall–Kier alpha value is -3.46. The fourth-order valence-corrected chi connectivity index (χ4v) is 3.04. The average molecular weight is 412 g/mol. The van der Waals surface area contributed by atoms with Gasteiger partial charge in [0, 0.05) is 18.4 Å². The maximum Gasteiger partial charge on any atom is 0.322 e. The Morgan fingerprint density at radius 2 is 1.97 bits per heavy atom. The van der Waals surface area contributed by atoms with Crippen molar-refractivity contribution in [3.05, 3.63) is 59.5 Å². The number of carbonyl (C=O) groups is 2. The molecule has 2 N–H and O–H groups in total. The molecule has 0 aliphatic carbocycles. The molecular formula is C21H24N4O5. The van der Waals surface area contributed by atoms with Gasteiger partial charge in [-0.15, -0.1) is 0 Å². The number of rotatable bonds is 11. The minimum absolute atomic E-state index is 0.147. The van der Waals surface area contributed by atoms with E-state index in [1.807, 2.05) is 37.3 Å². The second-order valence-corrected chi connectivity index (χ2v) is 6.48. The summed E-state index contributed by atoms with van der Waals surface area (Å²) in [5.74, 6) is -1.41. The topological polar surface area (TPSA) is 115 Å². The van der Waals surface area contributed by atoms with Gasteiger partial charge in [-0.2, -0.15) is 5.10 Å². The number of fused-ring (bicyclic) bond motifs is 1. The summed E-state index contributed by atoms with van der Waals surface area (Å²) in [6, 6.07) is 11.8. The molecule has 0 fully saturated rings. The van der Waals surface area contributed by atoms with E-state index in [9.17, 15) is 9.59 Å². The minimum Gasteiger partial charge on any atom is -0.490 e. The molecule has 0 aliphatic heterocycles. The Balaban J connectivity index is 1.92. The second kappa shape index (κ2) is 10.4. The second-order valence-electron chi connectivity index (χ2n) is 6.48. The number of carbonyl (C=O) groups excluding carboxylic acids is 1. The maximum absolute atomic E-state index is 12.7. The van der Waals surface area contributed by atoms with Crippen LogP contribution < -0.4 is 10.1 Å². The number of hydrogen-bond donors (Lipinski definition) is 2. The monoisotopic (exact) mass is 412 g/mol. The molecule has 0 radical (unpaired) electrons. The Bertz CT molecular complexity index is 1000. The van der Waals surface area contributed by atoms with Crippen LogP contribution in [0.1, 0.15) is 28.5 Å². The highest BCUT2D eigenvalue weighted by Crippen LogP contribution is 2.25. The molecule has 0 bridgehead atoms. The lowest BCUT2D eigenvalue weighted by molar-refractivity contribution is -0.135. The number of nitrogens with one attached hydrogen (secondary N) is 1. The molecule has 3 aromatic rings. The van der Waals surface area contributed by atoms with Gasteiger partial charge in [0.05, 0.1) is 6.61 Å². The SMILES string of the molecule is CCOCCOc1cc(CCc2ccccc2)n2ncnc2c1C(=O)NCC(=O)O. The van der Waals surface area contributed by atoms with Crippen molar-refractivity contribution in [3.8, 4) is 5.75 Å². The molecule has 3 rings (SSSR count). The van der Waals surface area contributed by atoms with E-state index in [-0.39, 0.29) is 12.2 Å². The first kappa shape index (κ1) is 21.3. The predicted octanol–water partition coefficient (Wildman–Crippen LogP) is 1.74. The van der Waals surface area contributed by atoms with Gasteiger partial charge in [-0.3, -0.25) is 9.59 Å². The van der Waals surface area contributed by atoms with E-state index in [2.05, 4.69) is 15.4 Å². The summed E-state index contributed by atoms with van der Waals surface area (Å²) in [5, 5.41) is 15.5. The lowest BCUT2D eigenvalue weighted by Crippen LogP contribution is -2.30. The Labute approximate surface area is 173 Å². The summed E-state index contributed by atoms with van der Waals surface area (Å²) in [6.45, 7) is 2.54. The number of carboxylic acid groups (broad SMARTS) is 1. The predicted molar refractivity (Wildman–Crippen MR) is 109 cm³/mol. The van der Waals surface area contributed by atoms with Crippen molar-refractivity contribution in [3.63, 3.8) is 0 Å². The van der Waals surface area contributed by atoms with Gasteiger partial charge in [-0.25, -0.2) is 9.50 Å². The van der Waals surface area contributed by atoms with Crippen molar-refractivity contribution < 1.29 is 24.2 Å². The zero-order chi connectivity index (χ0) is 21.3. The van der Waals surface area contributed by atoms with Crippen molar-refractivity contribution in [2.24, 2.45) is 0 Å². The molecule has 0 atom stereocenters. The standard InChI is InChI=1S/C21H24N4O5/c1-2-29-10-11-30-17-12-16(9-8-15-6-4-3-5-7-15)25-20(23-14-24-25)19(17)21(28)22-13-18(26)27/h3-7,12,14H,2,8-11,13H2,1H3,(H,22,28)(H,26,27). The number of benzene rings is 1. The molecule has 9 heteroatoms. The minimum atomic E-state index is -1.14.